The Balaban J connectivity index is 1.33. The molecule has 1 saturated heterocycles. The summed E-state index contributed by atoms with van der Waals surface area (Å²) in [5, 5.41) is 5.34. The van der Waals surface area contributed by atoms with E-state index in [9.17, 15) is 14.4 Å². The van der Waals surface area contributed by atoms with Crippen LogP contribution in [0.3, 0.4) is 0 Å². The minimum absolute atomic E-state index is 0.346. The largest absolute Gasteiger partial charge is 0.486 e. The second kappa shape index (κ2) is 8.22. The SMILES string of the molecule is O=C(CN1C(=O)N[C@@H](CCc2ccccc2)C1=O)Nc1ccc2c(c1)OCCO2. The standard InChI is InChI=1S/C21H21N3O5/c25-19(22-15-7-9-17-18(12-15)29-11-10-28-17)13-24-20(26)16(23-21(24)27)8-6-14-4-2-1-3-5-14/h1-5,7,9,12,16H,6,8,10-11,13H2,(H,22,25)(H,23,27)/t16-/m0/s1. The number of benzene rings is 2. The zero-order valence-electron chi connectivity index (χ0n) is 15.7. The van der Waals surface area contributed by atoms with Gasteiger partial charge in [0.25, 0.3) is 5.91 Å². The van der Waals surface area contributed by atoms with Gasteiger partial charge in [-0.05, 0) is 30.5 Å². The second-order valence-corrected chi connectivity index (χ2v) is 6.86. The molecule has 2 aliphatic heterocycles. The molecule has 150 valence electrons. The fourth-order valence-corrected chi connectivity index (χ4v) is 3.34. The van der Waals surface area contributed by atoms with Gasteiger partial charge in [0.1, 0.15) is 25.8 Å². The van der Waals surface area contributed by atoms with Gasteiger partial charge in [0.15, 0.2) is 11.5 Å². The highest BCUT2D eigenvalue weighted by molar-refractivity contribution is 6.07. The van der Waals surface area contributed by atoms with Crippen LogP contribution in [0.4, 0.5) is 10.5 Å². The zero-order chi connectivity index (χ0) is 20.2. The third kappa shape index (κ3) is 4.31. The summed E-state index contributed by atoms with van der Waals surface area (Å²) in [6.45, 7) is 0.578. The average Bonchev–Trinajstić information content (AvgIpc) is 3.00. The van der Waals surface area contributed by atoms with E-state index in [-0.39, 0.29) is 12.5 Å². The van der Waals surface area contributed by atoms with Crippen LogP contribution < -0.4 is 20.1 Å². The number of urea groups is 1. The highest BCUT2D eigenvalue weighted by atomic mass is 16.6. The topological polar surface area (TPSA) is 97.0 Å². The number of anilines is 1. The monoisotopic (exact) mass is 395 g/mol. The quantitative estimate of drug-likeness (QED) is 0.729. The smallest absolute Gasteiger partial charge is 0.325 e. The maximum absolute atomic E-state index is 12.5. The first kappa shape index (κ1) is 18.8. The molecule has 8 heteroatoms. The van der Waals surface area contributed by atoms with E-state index in [0.29, 0.717) is 43.2 Å². The minimum Gasteiger partial charge on any atom is -0.486 e. The maximum atomic E-state index is 12.5. The molecule has 0 radical (unpaired) electrons. The van der Waals surface area contributed by atoms with Crippen molar-refractivity contribution in [1.29, 1.82) is 0 Å². The van der Waals surface area contributed by atoms with Gasteiger partial charge < -0.3 is 20.1 Å². The molecular formula is C21H21N3O5. The summed E-state index contributed by atoms with van der Waals surface area (Å²) >= 11 is 0. The molecular weight excluding hydrogens is 374 g/mol. The summed E-state index contributed by atoms with van der Waals surface area (Å²) in [4.78, 5) is 38.0. The summed E-state index contributed by atoms with van der Waals surface area (Å²) < 4.78 is 10.9. The van der Waals surface area contributed by atoms with Gasteiger partial charge in [-0.3, -0.25) is 14.5 Å². The molecule has 0 aromatic heterocycles. The average molecular weight is 395 g/mol. The number of aryl methyl sites for hydroxylation is 1. The Labute approximate surface area is 167 Å². The van der Waals surface area contributed by atoms with E-state index < -0.39 is 18.0 Å². The molecule has 2 heterocycles. The third-order valence-electron chi connectivity index (χ3n) is 4.80. The second-order valence-electron chi connectivity index (χ2n) is 6.86. The number of rotatable bonds is 6. The van der Waals surface area contributed by atoms with E-state index >= 15 is 0 Å². The molecule has 4 rings (SSSR count). The molecule has 2 aromatic rings. The van der Waals surface area contributed by atoms with Crippen LogP contribution in [0.15, 0.2) is 48.5 Å². The van der Waals surface area contributed by atoms with E-state index in [0.717, 1.165) is 10.5 Å². The van der Waals surface area contributed by atoms with Crippen LogP contribution in [-0.2, 0) is 16.0 Å². The predicted molar refractivity (Wildman–Crippen MR) is 105 cm³/mol. The first-order valence-electron chi connectivity index (χ1n) is 9.45. The first-order valence-corrected chi connectivity index (χ1v) is 9.45. The molecule has 4 amide bonds. The molecule has 29 heavy (non-hydrogen) atoms. The molecule has 2 aromatic carbocycles. The maximum Gasteiger partial charge on any atom is 0.325 e. The number of nitrogens with zero attached hydrogens (tertiary/aromatic N) is 1. The summed E-state index contributed by atoms with van der Waals surface area (Å²) in [5.41, 5.74) is 1.59. The van der Waals surface area contributed by atoms with Crippen LogP contribution in [0.2, 0.25) is 0 Å². The van der Waals surface area contributed by atoms with Gasteiger partial charge in [-0.1, -0.05) is 30.3 Å². The molecule has 2 N–H and O–H groups in total. The number of imide groups is 1. The summed E-state index contributed by atoms with van der Waals surface area (Å²) in [5.74, 6) is 0.312. The van der Waals surface area contributed by atoms with Gasteiger partial charge in [-0.25, -0.2) is 4.79 Å². The molecule has 0 aliphatic carbocycles. The van der Waals surface area contributed by atoms with Crippen molar-refractivity contribution >= 4 is 23.5 Å². The van der Waals surface area contributed by atoms with Crippen LogP contribution in [0.5, 0.6) is 11.5 Å². The van der Waals surface area contributed by atoms with Crippen LogP contribution in [-0.4, -0.2) is 48.5 Å². The third-order valence-corrected chi connectivity index (χ3v) is 4.80. The molecule has 1 atom stereocenters. The first-order chi connectivity index (χ1) is 14.1. The van der Waals surface area contributed by atoms with Gasteiger partial charge in [-0.2, -0.15) is 0 Å². The van der Waals surface area contributed by atoms with Crippen LogP contribution in [0.25, 0.3) is 0 Å². The molecule has 0 unspecified atom stereocenters. The number of ether oxygens (including phenoxy) is 2. The number of hydrogen-bond donors (Lipinski definition) is 2. The van der Waals surface area contributed by atoms with Crippen molar-refractivity contribution in [3.63, 3.8) is 0 Å². The van der Waals surface area contributed by atoms with Crippen molar-refractivity contribution < 1.29 is 23.9 Å². The lowest BCUT2D eigenvalue weighted by Crippen LogP contribution is -2.38. The summed E-state index contributed by atoms with van der Waals surface area (Å²) in [7, 11) is 0. The number of carbonyl (C=O) groups is 3. The van der Waals surface area contributed by atoms with E-state index in [2.05, 4.69) is 10.6 Å². The van der Waals surface area contributed by atoms with Crippen molar-refractivity contribution in [1.82, 2.24) is 10.2 Å². The number of nitrogens with one attached hydrogen (secondary N) is 2. The number of amides is 4. The fraction of sp³-hybridized carbons (Fsp3) is 0.286. The van der Waals surface area contributed by atoms with E-state index in [1.54, 1.807) is 18.2 Å². The predicted octanol–water partition coefficient (Wildman–Crippen LogP) is 1.95. The van der Waals surface area contributed by atoms with Crippen LogP contribution in [0.1, 0.15) is 12.0 Å². The van der Waals surface area contributed by atoms with Crippen LogP contribution >= 0.6 is 0 Å². The van der Waals surface area contributed by atoms with Crippen molar-refractivity contribution in [2.45, 2.75) is 18.9 Å². The van der Waals surface area contributed by atoms with E-state index in [1.165, 1.54) is 0 Å². The fourth-order valence-electron chi connectivity index (χ4n) is 3.34. The molecule has 0 bridgehead atoms. The number of carbonyl (C=O) groups excluding carboxylic acids is 3. The lowest BCUT2D eigenvalue weighted by molar-refractivity contribution is -0.130. The zero-order valence-corrected chi connectivity index (χ0v) is 15.7. The molecule has 1 fully saturated rings. The molecule has 0 saturated carbocycles. The van der Waals surface area contributed by atoms with Gasteiger partial charge in [-0.15, -0.1) is 0 Å². The Bertz CT molecular complexity index is 931. The van der Waals surface area contributed by atoms with Crippen molar-refractivity contribution in [2.75, 3.05) is 25.1 Å². The minimum atomic E-state index is -0.621. The highest BCUT2D eigenvalue weighted by Gasteiger charge is 2.38. The molecule has 8 nitrogen and oxygen atoms in total. The lowest BCUT2D eigenvalue weighted by Gasteiger charge is -2.19. The molecule has 0 spiro atoms. The summed E-state index contributed by atoms with van der Waals surface area (Å²) in [6, 6.07) is 13.6. The van der Waals surface area contributed by atoms with Crippen molar-refractivity contribution in [3.8, 4) is 11.5 Å². The Hall–Kier alpha value is -3.55. The molecule has 2 aliphatic rings. The lowest BCUT2D eigenvalue weighted by atomic mass is 10.1. The van der Waals surface area contributed by atoms with Gasteiger partial charge in [0.05, 0.1) is 0 Å². The Morgan fingerprint density at radius 2 is 1.83 bits per heavy atom. The Morgan fingerprint density at radius 1 is 1.07 bits per heavy atom. The van der Waals surface area contributed by atoms with Gasteiger partial charge in [0, 0.05) is 11.8 Å². The van der Waals surface area contributed by atoms with Crippen molar-refractivity contribution in [3.05, 3.63) is 54.1 Å². The van der Waals surface area contributed by atoms with E-state index in [4.69, 9.17) is 9.47 Å². The van der Waals surface area contributed by atoms with Crippen molar-refractivity contribution in [2.24, 2.45) is 0 Å². The number of fused-ring (bicyclic) bond motifs is 1. The highest BCUT2D eigenvalue weighted by Crippen LogP contribution is 2.32. The summed E-state index contributed by atoms with van der Waals surface area (Å²) in [6.07, 6.45) is 1.14. The number of hydrogen-bond acceptors (Lipinski definition) is 5. The Kier molecular flexibility index (Phi) is 5.33. The van der Waals surface area contributed by atoms with Gasteiger partial charge in [0.2, 0.25) is 5.91 Å². The normalized spacial score (nSPS) is 17.8. The van der Waals surface area contributed by atoms with Gasteiger partial charge >= 0.3 is 6.03 Å². The van der Waals surface area contributed by atoms with Crippen LogP contribution in [0, 0.1) is 0 Å². The van der Waals surface area contributed by atoms with E-state index in [1.807, 2.05) is 30.3 Å². The Morgan fingerprint density at radius 3 is 2.62 bits per heavy atom.